The van der Waals surface area contributed by atoms with Gasteiger partial charge in [0.25, 0.3) is 11.5 Å². The van der Waals surface area contributed by atoms with Gasteiger partial charge in [-0.25, -0.2) is 0 Å². The highest BCUT2D eigenvalue weighted by Gasteiger charge is 2.20. The van der Waals surface area contributed by atoms with Gasteiger partial charge in [-0.2, -0.15) is 0 Å². The zero-order valence-corrected chi connectivity index (χ0v) is 14.5. The van der Waals surface area contributed by atoms with Gasteiger partial charge in [0.15, 0.2) is 0 Å². The van der Waals surface area contributed by atoms with Crippen LogP contribution in [0.5, 0.6) is 5.75 Å². The number of rotatable bonds is 6. The number of H-pyrrole nitrogens is 1. The van der Waals surface area contributed by atoms with Crippen molar-refractivity contribution in [2.75, 3.05) is 6.61 Å². The molecule has 0 unspecified atom stereocenters. The van der Waals surface area contributed by atoms with Crippen LogP contribution in [0.25, 0.3) is 11.0 Å². The molecule has 2 heterocycles. The number of hydrogen-bond acceptors (Lipinski definition) is 5. The van der Waals surface area contributed by atoms with E-state index in [0.717, 1.165) is 0 Å². The van der Waals surface area contributed by atoms with E-state index < -0.39 is 0 Å². The van der Waals surface area contributed by atoms with Crippen LogP contribution in [0.4, 0.5) is 0 Å². The Labute approximate surface area is 149 Å². The molecule has 7 heteroatoms. The van der Waals surface area contributed by atoms with Crippen LogP contribution in [0.1, 0.15) is 28.6 Å². The van der Waals surface area contributed by atoms with E-state index in [1.807, 2.05) is 0 Å². The smallest absolute Gasteiger partial charge is 0.255 e. The summed E-state index contributed by atoms with van der Waals surface area (Å²) in [5, 5.41) is 12.5. The van der Waals surface area contributed by atoms with Crippen LogP contribution in [-0.2, 0) is 6.61 Å². The van der Waals surface area contributed by atoms with Crippen LogP contribution in [-0.4, -0.2) is 28.6 Å². The number of amides is 1. The van der Waals surface area contributed by atoms with E-state index in [1.165, 1.54) is 0 Å². The number of carbonyl (C=O) groups excluding carboxylic acids is 1. The quantitative estimate of drug-likeness (QED) is 0.627. The van der Waals surface area contributed by atoms with Crippen molar-refractivity contribution < 1.29 is 19.1 Å². The fraction of sp³-hybridized carbons (Fsp3) is 0.263. The molecule has 26 heavy (non-hydrogen) atoms. The summed E-state index contributed by atoms with van der Waals surface area (Å²) in [7, 11) is 0. The molecule has 3 N–H and O–H groups in total. The van der Waals surface area contributed by atoms with Gasteiger partial charge in [-0.1, -0.05) is 0 Å². The maximum atomic E-state index is 12.5. The predicted octanol–water partition coefficient (Wildman–Crippen LogP) is 2.12. The van der Waals surface area contributed by atoms with Gasteiger partial charge in [0, 0.05) is 17.6 Å². The minimum atomic E-state index is -0.365. The van der Waals surface area contributed by atoms with E-state index in [1.54, 1.807) is 50.4 Å². The maximum absolute atomic E-state index is 12.5. The Hall–Kier alpha value is -3.06. The summed E-state index contributed by atoms with van der Waals surface area (Å²) in [6.45, 7) is 3.38. The number of nitrogens with one attached hydrogen (secondary N) is 2. The largest absolute Gasteiger partial charge is 0.489 e. The highest BCUT2D eigenvalue weighted by atomic mass is 16.5. The lowest BCUT2D eigenvalue weighted by Crippen LogP contribution is -2.35. The number of benzene rings is 1. The van der Waals surface area contributed by atoms with E-state index >= 15 is 0 Å². The summed E-state index contributed by atoms with van der Waals surface area (Å²) < 4.78 is 11.3. The number of hydrogen-bond donors (Lipinski definition) is 3. The topological polar surface area (TPSA) is 105 Å². The predicted molar refractivity (Wildman–Crippen MR) is 96.4 cm³/mol. The Morgan fingerprint density at radius 1 is 1.38 bits per heavy atom. The van der Waals surface area contributed by atoms with Gasteiger partial charge in [0.1, 0.15) is 23.7 Å². The molecular weight excluding hydrogens is 336 g/mol. The standard InChI is InChI=1S/C19H20N2O5/c1-11(9-22)21-19(24)17-12(2)26-16-6-5-14(8-15(16)17)25-10-13-4-3-7-20-18(13)23/h3-8,11,22H,9-10H2,1-2H3,(H,20,23)(H,21,24)/t11-/m0/s1. The van der Waals surface area contributed by atoms with Crippen molar-refractivity contribution in [2.45, 2.75) is 26.5 Å². The van der Waals surface area contributed by atoms with Crippen LogP contribution in [0.2, 0.25) is 0 Å². The number of aryl methyl sites for hydroxylation is 1. The summed E-state index contributed by atoms with van der Waals surface area (Å²) in [4.78, 5) is 26.8. The Morgan fingerprint density at radius 3 is 2.92 bits per heavy atom. The Bertz CT molecular complexity index is 989. The van der Waals surface area contributed by atoms with Gasteiger partial charge in [-0.05, 0) is 44.2 Å². The molecule has 1 aromatic carbocycles. The van der Waals surface area contributed by atoms with Crippen molar-refractivity contribution in [3.63, 3.8) is 0 Å². The highest BCUT2D eigenvalue weighted by Crippen LogP contribution is 2.29. The van der Waals surface area contributed by atoms with E-state index in [4.69, 9.17) is 14.3 Å². The van der Waals surface area contributed by atoms with Crippen molar-refractivity contribution in [1.82, 2.24) is 10.3 Å². The number of aromatic amines is 1. The number of carbonyl (C=O) groups is 1. The summed E-state index contributed by atoms with van der Waals surface area (Å²) in [6.07, 6.45) is 1.56. The third-order valence-electron chi connectivity index (χ3n) is 4.01. The molecule has 0 saturated carbocycles. The number of fused-ring (bicyclic) bond motifs is 1. The van der Waals surface area contributed by atoms with Crippen LogP contribution < -0.4 is 15.6 Å². The van der Waals surface area contributed by atoms with Crippen molar-refractivity contribution in [1.29, 1.82) is 0 Å². The number of aromatic nitrogens is 1. The molecule has 0 aliphatic carbocycles. The van der Waals surface area contributed by atoms with Gasteiger partial charge < -0.3 is 24.6 Å². The van der Waals surface area contributed by atoms with Crippen molar-refractivity contribution in [3.8, 4) is 5.75 Å². The van der Waals surface area contributed by atoms with Crippen molar-refractivity contribution in [2.24, 2.45) is 0 Å². The lowest BCUT2D eigenvalue weighted by Gasteiger charge is -2.10. The second-order valence-electron chi connectivity index (χ2n) is 6.06. The Balaban J connectivity index is 1.87. The monoisotopic (exact) mass is 356 g/mol. The molecule has 1 amide bonds. The molecule has 0 saturated heterocycles. The van der Waals surface area contributed by atoms with Gasteiger partial charge >= 0.3 is 0 Å². The molecule has 1 atom stereocenters. The van der Waals surface area contributed by atoms with Gasteiger partial charge in [0.2, 0.25) is 0 Å². The van der Waals surface area contributed by atoms with Gasteiger partial charge in [-0.15, -0.1) is 0 Å². The summed E-state index contributed by atoms with van der Waals surface area (Å²) in [5.74, 6) is 0.685. The molecule has 0 fully saturated rings. The molecule has 7 nitrogen and oxygen atoms in total. The number of furan rings is 1. The third-order valence-corrected chi connectivity index (χ3v) is 4.01. The van der Waals surface area contributed by atoms with Gasteiger partial charge in [-0.3, -0.25) is 9.59 Å². The summed E-state index contributed by atoms with van der Waals surface area (Å²) >= 11 is 0. The van der Waals surface area contributed by atoms with Crippen LogP contribution in [0.3, 0.4) is 0 Å². The molecular formula is C19H20N2O5. The minimum Gasteiger partial charge on any atom is -0.489 e. The van der Waals surface area contributed by atoms with Crippen LogP contribution >= 0.6 is 0 Å². The second kappa shape index (κ2) is 7.45. The molecule has 136 valence electrons. The summed E-state index contributed by atoms with van der Waals surface area (Å²) in [6, 6.07) is 8.21. The summed E-state index contributed by atoms with van der Waals surface area (Å²) in [5.41, 5.74) is 1.27. The number of pyridine rings is 1. The fourth-order valence-corrected chi connectivity index (χ4v) is 2.64. The lowest BCUT2D eigenvalue weighted by molar-refractivity contribution is 0.0922. The van der Waals surface area contributed by atoms with Crippen LogP contribution in [0, 0.1) is 6.92 Å². The SMILES string of the molecule is Cc1oc2ccc(OCc3ccc[nH]c3=O)cc2c1C(=O)N[C@@H](C)CO. The Kier molecular flexibility index (Phi) is 5.09. The maximum Gasteiger partial charge on any atom is 0.255 e. The zero-order chi connectivity index (χ0) is 18.7. The Morgan fingerprint density at radius 2 is 2.19 bits per heavy atom. The van der Waals surface area contributed by atoms with Crippen molar-refractivity contribution in [3.05, 3.63) is 63.8 Å². The first kappa shape index (κ1) is 17.8. The first-order valence-electron chi connectivity index (χ1n) is 8.24. The van der Waals surface area contributed by atoms with E-state index in [0.29, 0.717) is 33.6 Å². The molecule has 3 aromatic rings. The molecule has 0 spiro atoms. The first-order valence-corrected chi connectivity index (χ1v) is 8.24. The first-order chi connectivity index (χ1) is 12.5. The normalized spacial score (nSPS) is 12.1. The second-order valence-corrected chi connectivity index (χ2v) is 6.06. The highest BCUT2D eigenvalue weighted by molar-refractivity contribution is 6.07. The number of ether oxygens (including phenoxy) is 1. The zero-order valence-electron chi connectivity index (χ0n) is 14.5. The molecule has 0 radical (unpaired) electrons. The number of aliphatic hydroxyl groups excluding tert-OH is 1. The van der Waals surface area contributed by atoms with E-state index in [-0.39, 0.29) is 30.7 Å². The average Bonchev–Trinajstić information content (AvgIpc) is 2.96. The van der Waals surface area contributed by atoms with Crippen LogP contribution in [0.15, 0.2) is 45.7 Å². The lowest BCUT2D eigenvalue weighted by atomic mass is 10.1. The van der Waals surface area contributed by atoms with E-state index in [9.17, 15) is 9.59 Å². The van der Waals surface area contributed by atoms with E-state index in [2.05, 4.69) is 10.3 Å². The molecule has 0 bridgehead atoms. The average molecular weight is 356 g/mol. The molecule has 0 aliphatic heterocycles. The molecule has 2 aromatic heterocycles. The fourth-order valence-electron chi connectivity index (χ4n) is 2.64. The third kappa shape index (κ3) is 3.62. The number of aliphatic hydroxyl groups is 1. The van der Waals surface area contributed by atoms with Crippen molar-refractivity contribution >= 4 is 16.9 Å². The van der Waals surface area contributed by atoms with Gasteiger partial charge in [0.05, 0.1) is 17.7 Å². The molecule has 3 rings (SSSR count). The molecule has 0 aliphatic rings. The minimum absolute atomic E-state index is 0.113.